The zero-order chi connectivity index (χ0) is 23.3. The van der Waals surface area contributed by atoms with Crippen molar-refractivity contribution in [3.63, 3.8) is 0 Å². The quantitative estimate of drug-likeness (QED) is 0.377. The second-order valence-corrected chi connectivity index (χ2v) is 9.72. The van der Waals surface area contributed by atoms with Gasteiger partial charge in [-0.3, -0.25) is 9.59 Å². The maximum atomic E-state index is 12.9. The van der Waals surface area contributed by atoms with Gasteiger partial charge in [-0.25, -0.2) is 4.79 Å². The third kappa shape index (κ3) is 5.66. The smallest absolute Gasteiger partial charge is 0.338 e. The summed E-state index contributed by atoms with van der Waals surface area (Å²) in [6.45, 7) is 6.07. The van der Waals surface area contributed by atoms with Crippen LogP contribution in [0.4, 0.5) is 0 Å². The molecule has 3 rings (SSSR count). The highest BCUT2D eigenvalue weighted by atomic mass is 32.2. The molecule has 168 valence electrons. The Hall–Kier alpha value is -2.91. The number of nitrogens with zero attached hydrogens (tertiary/aromatic N) is 2. The number of amides is 1. The SMILES string of the molecule is CCOC(=O)c1ccc2c(c1)sc(=NC(=O)c1cccc(SC(C)C)c1)n2CC(=O)OC. The molecule has 1 aromatic heterocycles. The lowest BCUT2D eigenvalue weighted by atomic mass is 10.2. The van der Waals surface area contributed by atoms with Gasteiger partial charge in [-0.1, -0.05) is 31.3 Å². The molecule has 0 aliphatic carbocycles. The maximum absolute atomic E-state index is 12.9. The van der Waals surface area contributed by atoms with Crippen LogP contribution in [0, 0.1) is 0 Å². The van der Waals surface area contributed by atoms with Crippen LogP contribution in [0.1, 0.15) is 41.5 Å². The Kier molecular flexibility index (Phi) is 7.87. The minimum absolute atomic E-state index is 0.107. The summed E-state index contributed by atoms with van der Waals surface area (Å²) >= 11 is 2.88. The summed E-state index contributed by atoms with van der Waals surface area (Å²) in [6, 6.07) is 12.3. The topological polar surface area (TPSA) is 87.0 Å². The molecule has 0 spiro atoms. The molecule has 7 nitrogen and oxygen atoms in total. The molecule has 0 unspecified atom stereocenters. The van der Waals surface area contributed by atoms with Crippen LogP contribution in [-0.2, 0) is 20.8 Å². The molecule has 0 fully saturated rings. The van der Waals surface area contributed by atoms with Crippen LogP contribution < -0.4 is 4.80 Å². The van der Waals surface area contributed by atoms with E-state index in [-0.39, 0.29) is 13.2 Å². The predicted octanol–water partition coefficient (Wildman–Crippen LogP) is 4.29. The van der Waals surface area contributed by atoms with Crippen molar-refractivity contribution in [3.05, 3.63) is 58.4 Å². The average Bonchev–Trinajstić information content (AvgIpc) is 3.09. The number of thioether (sulfide) groups is 1. The van der Waals surface area contributed by atoms with Gasteiger partial charge < -0.3 is 14.0 Å². The van der Waals surface area contributed by atoms with Gasteiger partial charge in [-0.15, -0.1) is 11.8 Å². The minimum atomic E-state index is -0.469. The molecule has 0 N–H and O–H groups in total. The number of hydrogen-bond acceptors (Lipinski definition) is 7. The lowest BCUT2D eigenvalue weighted by molar-refractivity contribution is -0.141. The first kappa shape index (κ1) is 23.7. The number of benzene rings is 2. The van der Waals surface area contributed by atoms with Crippen molar-refractivity contribution in [2.24, 2.45) is 4.99 Å². The molecule has 3 aromatic rings. The number of ether oxygens (including phenoxy) is 2. The molecule has 2 aromatic carbocycles. The third-order valence-corrected chi connectivity index (χ3v) is 6.40. The van der Waals surface area contributed by atoms with Crippen LogP contribution in [0.2, 0.25) is 0 Å². The highest BCUT2D eigenvalue weighted by Crippen LogP contribution is 2.24. The van der Waals surface area contributed by atoms with Gasteiger partial charge in [-0.2, -0.15) is 4.99 Å². The van der Waals surface area contributed by atoms with Crippen molar-refractivity contribution in [2.45, 2.75) is 37.5 Å². The van der Waals surface area contributed by atoms with E-state index in [1.807, 2.05) is 18.2 Å². The van der Waals surface area contributed by atoms with Crippen molar-refractivity contribution in [1.29, 1.82) is 0 Å². The second-order valence-electron chi connectivity index (χ2n) is 7.06. The molecular weight excluding hydrogens is 448 g/mol. The summed E-state index contributed by atoms with van der Waals surface area (Å²) in [5.41, 5.74) is 1.52. The maximum Gasteiger partial charge on any atom is 0.338 e. The fourth-order valence-electron chi connectivity index (χ4n) is 2.97. The summed E-state index contributed by atoms with van der Waals surface area (Å²) in [5, 5.41) is 0.385. The number of carbonyl (C=O) groups is 3. The van der Waals surface area contributed by atoms with E-state index < -0.39 is 17.8 Å². The van der Waals surface area contributed by atoms with Crippen LogP contribution in [0.15, 0.2) is 52.4 Å². The molecule has 0 atom stereocenters. The number of methoxy groups -OCH3 is 1. The van der Waals surface area contributed by atoms with E-state index in [4.69, 9.17) is 9.47 Å². The molecule has 0 saturated heterocycles. The Balaban J connectivity index is 2.07. The molecule has 32 heavy (non-hydrogen) atoms. The molecule has 0 aliphatic heterocycles. The van der Waals surface area contributed by atoms with Crippen molar-refractivity contribution >= 4 is 51.2 Å². The Labute approximate surface area is 194 Å². The molecule has 9 heteroatoms. The summed E-state index contributed by atoms with van der Waals surface area (Å²) in [4.78, 5) is 42.6. The molecule has 1 amide bonds. The molecule has 1 heterocycles. The van der Waals surface area contributed by atoms with Crippen LogP contribution in [0.3, 0.4) is 0 Å². The molecular formula is C23H24N2O5S2. The minimum Gasteiger partial charge on any atom is -0.468 e. The van der Waals surface area contributed by atoms with Gasteiger partial charge in [0.05, 0.1) is 29.5 Å². The first-order valence-electron chi connectivity index (χ1n) is 10.1. The standard InChI is InChI=1S/C23H24N2O5S2/c1-5-30-22(28)16-9-10-18-19(12-16)32-23(25(18)13-20(26)29-4)24-21(27)15-7-6-8-17(11-15)31-14(2)3/h6-12,14H,5,13H2,1-4H3. The Bertz CT molecular complexity index is 1230. The van der Waals surface area contributed by atoms with Gasteiger partial charge in [0.2, 0.25) is 0 Å². The molecule has 0 saturated carbocycles. The van der Waals surface area contributed by atoms with Gasteiger partial charge >= 0.3 is 11.9 Å². The van der Waals surface area contributed by atoms with E-state index in [1.54, 1.807) is 47.5 Å². The predicted molar refractivity (Wildman–Crippen MR) is 125 cm³/mol. The first-order valence-corrected chi connectivity index (χ1v) is 11.7. The Morgan fingerprint density at radius 3 is 2.59 bits per heavy atom. The fourth-order valence-corrected chi connectivity index (χ4v) is 4.94. The number of hydrogen-bond donors (Lipinski definition) is 0. The largest absolute Gasteiger partial charge is 0.468 e. The van der Waals surface area contributed by atoms with Crippen LogP contribution in [0.25, 0.3) is 10.2 Å². The molecule has 0 bridgehead atoms. The summed E-state index contributed by atoms with van der Waals surface area (Å²) in [7, 11) is 1.30. The van der Waals surface area contributed by atoms with E-state index in [2.05, 4.69) is 18.8 Å². The van der Waals surface area contributed by atoms with E-state index in [0.717, 1.165) is 4.90 Å². The average molecular weight is 473 g/mol. The number of fused-ring (bicyclic) bond motifs is 1. The van der Waals surface area contributed by atoms with Crippen LogP contribution in [-0.4, -0.2) is 41.4 Å². The number of carbonyl (C=O) groups excluding carboxylic acids is 3. The zero-order valence-corrected chi connectivity index (χ0v) is 19.9. The van der Waals surface area contributed by atoms with Gasteiger partial charge in [0.1, 0.15) is 6.54 Å². The second kappa shape index (κ2) is 10.6. The van der Waals surface area contributed by atoms with Crippen LogP contribution in [0.5, 0.6) is 0 Å². The lowest BCUT2D eigenvalue weighted by Crippen LogP contribution is -2.22. The highest BCUT2D eigenvalue weighted by Gasteiger charge is 2.15. The van der Waals surface area contributed by atoms with Crippen molar-refractivity contribution in [1.82, 2.24) is 4.57 Å². The number of aromatic nitrogens is 1. The third-order valence-electron chi connectivity index (χ3n) is 4.36. The molecule has 0 aliphatic rings. The number of esters is 2. The van der Waals surface area contributed by atoms with Gasteiger partial charge in [-0.05, 0) is 43.3 Å². The zero-order valence-electron chi connectivity index (χ0n) is 18.3. The van der Waals surface area contributed by atoms with Crippen molar-refractivity contribution in [2.75, 3.05) is 13.7 Å². The monoisotopic (exact) mass is 472 g/mol. The Morgan fingerprint density at radius 1 is 1.12 bits per heavy atom. The Morgan fingerprint density at radius 2 is 1.91 bits per heavy atom. The van der Waals surface area contributed by atoms with E-state index >= 15 is 0 Å². The normalized spacial score (nSPS) is 11.7. The van der Waals surface area contributed by atoms with Crippen molar-refractivity contribution < 1.29 is 23.9 Å². The van der Waals surface area contributed by atoms with Gasteiger partial charge in [0, 0.05) is 15.7 Å². The van der Waals surface area contributed by atoms with Gasteiger partial charge in [0.25, 0.3) is 5.91 Å². The summed E-state index contributed by atoms with van der Waals surface area (Å²) in [6.07, 6.45) is 0. The number of rotatable bonds is 7. The summed E-state index contributed by atoms with van der Waals surface area (Å²) in [5.74, 6) is -1.31. The van der Waals surface area contributed by atoms with E-state index in [0.29, 0.717) is 31.4 Å². The van der Waals surface area contributed by atoms with Crippen molar-refractivity contribution in [3.8, 4) is 0 Å². The molecule has 0 radical (unpaired) electrons. The highest BCUT2D eigenvalue weighted by molar-refractivity contribution is 7.99. The van der Waals surface area contributed by atoms with E-state index in [1.165, 1.54) is 18.4 Å². The first-order chi connectivity index (χ1) is 15.3. The van der Waals surface area contributed by atoms with E-state index in [9.17, 15) is 14.4 Å². The summed E-state index contributed by atoms with van der Waals surface area (Å²) < 4.78 is 12.2. The lowest BCUT2D eigenvalue weighted by Gasteiger charge is -2.06. The fraction of sp³-hybridized carbons (Fsp3) is 0.304. The number of thiazole rings is 1. The van der Waals surface area contributed by atoms with Gasteiger partial charge in [0.15, 0.2) is 4.80 Å². The van der Waals surface area contributed by atoms with Crippen LogP contribution >= 0.6 is 23.1 Å².